The lowest BCUT2D eigenvalue weighted by Gasteiger charge is -2.29. The van der Waals surface area contributed by atoms with Crippen molar-refractivity contribution in [3.63, 3.8) is 0 Å². The van der Waals surface area contributed by atoms with Crippen LogP contribution >= 0.6 is 0 Å². The quantitative estimate of drug-likeness (QED) is 0.279. The van der Waals surface area contributed by atoms with Gasteiger partial charge >= 0.3 is 11.9 Å². The van der Waals surface area contributed by atoms with Crippen molar-refractivity contribution >= 4 is 11.9 Å². The summed E-state index contributed by atoms with van der Waals surface area (Å²) in [5.41, 5.74) is 0. The number of quaternary nitrogens is 1. The molecule has 0 unspecified atom stereocenters. The fourth-order valence-corrected chi connectivity index (χ4v) is 1.56. The molecule has 0 saturated heterocycles. The Balaban J connectivity index is 3.55. The van der Waals surface area contributed by atoms with Gasteiger partial charge < -0.3 is 14.3 Å². The highest BCUT2D eigenvalue weighted by molar-refractivity contribution is 5.81. The van der Waals surface area contributed by atoms with E-state index in [0.29, 0.717) is 17.6 Å². The zero-order valence-electron chi connectivity index (χ0n) is 11.4. The van der Waals surface area contributed by atoms with E-state index in [-0.39, 0.29) is 12.4 Å². The molecule has 5 heteroatoms. The fourth-order valence-electron chi connectivity index (χ4n) is 1.56. The monoisotopic (exact) mass is 258 g/mol. The average Bonchev–Trinajstić information content (AvgIpc) is 2.30. The van der Waals surface area contributed by atoms with Crippen molar-refractivity contribution in [2.24, 2.45) is 0 Å². The molecule has 0 aromatic heterocycles. The summed E-state index contributed by atoms with van der Waals surface area (Å²) in [5, 5.41) is 8.63. The third kappa shape index (κ3) is 9.84. The molecule has 0 aromatic carbocycles. The van der Waals surface area contributed by atoms with E-state index >= 15 is 0 Å². The van der Waals surface area contributed by atoms with Gasteiger partial charge in [0.05, 0.1) is 40.2 Å². The summed E-state index contributed by atoms with van der Waals surface area (Å²) in [4.78, 5) is 21.2. The Morgan fingerprint density at radius 1 is 1.22 bits per heavy atom. The molecule has 0 rings (SSSR count). The lowest BCUT2D eigenvalue weighted by molar-refractivity contribution is -0.890. The van der Waals surface area contributed by atoms with Crippen LogP contribution in [0.4, 0.5) is 0 Å². The molecule has 5 nitrogen and oxygen atoms in total. The van der Waals surface area contributed by atoms with E-state index < -0.39 is 5.97 Å². The Bertz CT molecular complexity index is 287. The number of nitrogens with zero attached hydrogens (tertiary/aromatic N) is 1. The molecule has 0 bridgehead atoms. The van der Waals surface area contributed by atoms with Crippen LogP contribution in [0.2, 0.25) is 0 Å². The fraction of sp³-hybridized carbons (Fsp3) is 0.692. The SMILES string of the molecule is C=CC(=O)OCCCCC[N+](C)(C)CCC(=O)O. The van der Waals surface area contributed by atoms with Crippen LogP contribution in [0.3, 0.4) is 0 Å². The van der Waals surface area contributed by atoms with Gasteiger partial charge in [0.25, 0.3) is 0 Å². The van der Waals surface area contributed by atoms with Crippen molar-refractivity contribution in [1.29, 1.82) is 0 Å². The van der Waals surface area contributed by atoms with E-state index in [4.69, 9.17) is 9.84 Å². The molecule has 0 radical (unpaired) electrons. The molecule has 0 aliphatic rings. The molecule has 0 aliphatic carbocycles. The molecule has 18 heavy (non-hydrogen) atoms. The summed E-state index contributed by atoms with van der Waals surface area (Å²) in [6.07, 6.45) is 4.16. The molecule has 1 N–H and O–H groups in total. The van der Waals surface area contributed by atoms with Crippen molar-refractivity contribution in [2.75, 3.05) is 33.8 Å². The summed E-state index contributed by atoms with van der Waals surface area (Å²) in [7, 11) is 4.06. The molecule has 0 aliphatic heterocycles. The summed E-state index contributed by atoms with van der Waals surface area (Å²) in [6, 6.07) is 0. The smallest absolute Gasteiger partial charge is 0.330 e. The van der Waals surface area contributed by atoms with Gasteiger partial charge in [-0.25, -0.2) is 4.79 Å². The molecule has 0 fully saturated rings. The largest absolute Gasteiger partial charge is 0.481 e. The van der Waals surface area contributed by atoms with E-state index in [1.807, 2.05) is 14.1 Å². The predicted molar refractivity (Wildman–Crippen MR) is 69.1 cm³/mol. The van der Waals surface area contributed by atoms with E-state index in [2.05, 4.69) is 6.58 Å². The number of carboxylic acid groups (broad SMARTS) is 1. The van der Waals surface area contributed by atoms with Crippen LogP contribution in [-0.2, 0) is 14.3 Å². The van der Waals surface area contributed by atoms with Crippen LogP contribution in [0.1, 0.15) is 25.7 Å². The second-order valence-electron chi connectivity index (χ2n) is 4.96. The number of ether oxygens (including phenoxy) is 1. The number of rotatable bonds is 10. The lowest BCUT2D eigenvalue weighted by atomic mass is 10.2. The van der Waals surface area contributed by atoms with Gasteiger partial charge in [0.15, 0.2) is 0 Å². The number of unbranched alkanes of at least 4 members (excludes halogenated alkanes) is 2. The highest BCUT2D eigenvalue weighted by Crippen LogP contribution is 2.05. The van der Waals surface area contributed by atoms with Crippen molar-refractivity contribution in [2.45, 2.75) is 25.7 Å². The molecule has 0 heterocycles. The topological polar surface area (TPSA) is 63.6 Å². The first-order chi connectivity index (χ1) is 8.37. The van der Waals surface area contributed by atoms with Gasteiger partial charge in [-0.3, -0.25) is 4.79 Å². The Kier molecular flexibility index (Phi) is 8.03. The second-order valence-corrected chi connectivity index (χ2v) is 4.96. The molecule has 0 aromatic rings. The Morgan fingerprint density at radius 3 is 2.44 bits per heavy atom. The maximum Gasteiger partial charge on any atom is 0.330 e. The van der Waals surface area contributed by atoms with Crippen LogP contribution in [0.15, 0.2) is 12.7 Å². The molecular weight excluding hydrogens is 234 g/mol. The maximum absolute atomic E-state index is 10.8. The first-order valence-electron chi connectivity index (χ1n) is 6.20. The number of hydrogen-bond donors (Lipinski definition) is 1. The van der Waals surface area contributed by atoms with Gasteiger partial charge in [-0.05, 0) is 19.3 Å². The minimum atomic E-state index is -0.752. The number of carbonyl (C=O) groups is 2. The van der Waals surface area contributed by atoms with Gasteiger partial charge in [-0.15, -0.1) is 0 Å². The molecule has 0 atom stereocenters. The van der Waals surface area contributed by atoms with Crippen LogP contribution in [0, 0.1) is 0 Å². The molecule has 0 amide bonds. The van der Waals surface area contributed by atoms with Crippen LogP contribution in [-0.4, -0.2) is 55.3 Å². The lowest BCUT2D eigenvalue weighted by Crippen LogP contribution is -2.42. The zero-order chi connectivity index (χ0) is 14.0. The first kappa shape index (κ1) is 16.6. The summed E-state index contributed by atoms with van der Waals surface area (Å²) < 4.78 is 5.57. The van der Waals surface area contributed by atoms with Gasteiger partial charge in [0, 0.05) is 6.08 Å². The van der Waals surface area contributed by atoms with Crippen LogP contribution < -0.4 is 0 Å². The van der Waals surface area contributed by atoms with Gasteiger partial charge in [-0.2, -0.15) is 0 Å². The first-order valence-corrected chi connectivity index (χ1v) is 6.20. The standard InChI is InChI=1S/C13H23NO4/c1-4-13(17)18-11-7-5-6-9-14(2,3)10-8-12(15)16/h4H,1,5-11H2,2-3H3/p+1. The maximum atomic E-state index is 10.8. The van der Waals surface area contributed by atoms with Crippen molar-refractivity contribution in [3.05, 3.63) is 12.7 Å². The molecule has 0 spiro atoms. The second kappa shape index (κ2) is 8.69. The van der Waals surface area contributed by atoms with Gasteiger partial charge in [0.2, 0.25) is 0 Å². The number of esters is 1. The molecule has 0 saturated carbocycles. The van der Waals surface area contributed by atoms with Crippen LogP contribution in [0.25, 0.3) is 0 Å². The van der Waals surface area contributed by atoms with Crippen molar-refractivity contribution in [3.8, 4) is 0 Å². The third-order valence-electron chi connectivity index (χ3n) is 2.75. The molecular formula is C13H24NO4+. The van der Waals surface area contributed by atoms with E-state index in [1.165, 1.54) is 0 Å². The predicted octanol–water partition coefficient (Wildman–Crippen LogP) is 1.44. The minimum absolute atomic E-state index is 0.198. The van der Waals surface area contributed by atoms with Crippen molar-refractivity contribution < 1.29 is 23.9 Å². The Morgan fingerprint density at radius 2 is 1.89 bits per heavy atom. The van der Waals surface area contributed by atoms with Gasteiger partial charge in [0.1, 0.15) is 0 Å². The number of carboxylic acids is 1. The van der Waals surface area contributed by atoms with E-state index in [0.717, 1.165) is 31.9 Å². The number of aliphatic carboxylic acids is 1. The van der Waals surface area contributed by atoms with Gasteiger partial charge in [-0.1, -0.05) is 6.58 Å². The molecule has 104 valence electrons. The normalized spacial score (nSPS) is 11.0. The average molecular weight is 258 g/mol. The summed E-state index contributed by atoms with van der Waals surface area (Å²) in [6.45, 7) is 5.31. The third-order valence-corrected chi connectivity index (χ3v) is 2.75. The summed E-state index contributed by atoms with van der Waals surface area (Å²) >= 11 is 0. The highest BCUT2D eigenvalue weighted by Gasteiger charge is 2.15. The van der Waals surface area contributed by atoms with E-state index in [1.54, 1.807) is 0 Å². The van der Waals surface area contributed by atoms with E-state index in [9.17, 15) is 9.59 Å². The Hall–Kier alpha value is -1.36. The Labute approximate surface area is 109 Å². The minimum Gasteiger partial charge on any atom is -0.481 e. The van der Waals surface area contributed by atoms with Crippen molar-refractivity contribution in [1.82, 2.24) is 0 Å². The zero-order valence-corrected chi connectivity index (χ0v) is 11.4. The number of carbonyl (C=O) groups excluding carboxylic acids is 1. The number of hydrogen-bond acceptors (Lipinski definition) is 3. The van der Waals surface area contributed by atoms with Crippen LogP contribution in [0.5, 0.6) is 0 Å². The summed E-state index contributed by atoms with van der Waals surface area (Å²) in [5.74, 6) is -1.13. The highest BCUT2D eigenvalue weighted by atomic mass is 16.5.